The van der Waals surface area contributed by atoms with Gasteiger partial charge in [0.2, 0.25) is 0 Å². The highest BCUT2D eigenvalue weighted by Crippen LogP contribution is 2.34. The second-order valence-corrected chi connectivity index (χ2v) is 8.76. The van der Waals surface area contributed by atoms with E-state index >= 15 is 0 Å². The fourth-order valence-corrected chi connectivity index (χ4v) is 4.01. The molecule has 0 radical (unpaired) electrons. The Bertz CT molecular complexity index is 1430. The molecule has 37 heavy (non-hydrogen) atoms. The lowest BCUT2D eigenvalue weighted by Gasteiger charge is -2.18. The second kappa shape index (κ2) is 10.9. The Labute approximate surface area is 222 Å². The van der Waals surface area contributed by atoms with Crippen LogP contribution in [0.5, 0.6) is 0 Å². The molecule has 3 amide bonds. The zero-order chi connectivity index (χ0) is 26.7. The quantitative estimate of drug-likeness (QED) is 0.304. The van der Waals surface area contributed by atoms with E-state index in [1.165, 1.54) is 0 Å². The number of nitrogens with zero attached hydrogens (tertiary/aromatic N) is 1. The van der Waals surface area contributed by atoms with E-state index in [4.69, 9.17) is 27.9 Å². The Hall–Kier alpha value is -4.14. The van der Waals surface area contributed by atoms with Crippen molar-refractivity contribution in [2.24, 2.45) is 0 Å². The van der Waals surface area contributed by atoms with E-state index in [0.29, 0.717) is 38.8 Å². The van der Waals surface area contributed by atoms with Crippen LogP contribution in [0.1, 0.15) is 33.2 Å². The molecule has 0 atom stereocenters. The monoisotopic (exact) mass is 537 g/mol. The SMILES string of the molecule is CCOC(=O)c1ccc(NC(=O)c2ccc(NC3=C(Cl)C(=O)N(c4cccc(Cl)c4C)C3=O)cc2)cc1. The molecule has 0 bridgehead atoms. The summed E-state index contributed by atoms with van der Waals surface area (Å²) in [5.41, 5.74) is 2.53. The maximum atomic E-state index is 13.0. The van der Waals surface area contributed by atoms with Crippen LogP contribution in [0.25, 0.3) is 0 Å². The van der Waals surface area contributed by atoms with Crippen molar-refractivity contribution in [2.45, 2.75) is 13.8 Å². The lowest BCUT2D eigenvalue weighted by atomic mass is 10.1. The van der Waals surface area contributed by atoms with Crippen LogP contribution in [-0.2, 0) is 14.3 Å². The molecule has 1 aliphatic heterocycles. The molecule has 3 aromatic rings. The molecule has 0 saturated carbocycles. The molecule has 1 heterocycles. The number of imide groups is 1. The Morgan fingerprint density at radius 1 is 0.865 bits per heavy atom. The minimum atomic E-state index is -0.662. The maximum absolute atomic E-state index is 13.0. The number of anilines is 3. The van der Waals surface area contributed by atoms with Gasteiger partial charge in [-0.3, -0.25) is 14.4 Å². The van der Waals surface area contributed by atoms with Crippen molar-refractivity contribution in [1.29, 1.82) is 0 Å². The molecule has 1 aliphatic rings. The summed E-state index contributed by atoms with van der Waals surface area (Å²) in [7, 11) is 0. The van der Waals surface area contributed by atoms with Crippen molar-refractivity contribution in [1.82, 2.24) is 0 Å². The lowest BCUT2D eigenvalue weighted by molar-refractivity contribution is -0.120. The van der Waals surface area contributed by atoms with Gasteiger partial charge in [-0.05, 0) is 80.1 Å². The molecular formula is C27H21Cl2N3O5. The number of benzene rings is 3. The van der Waals surface area contributed by atoms with E-state index in [-0.39, 0.29) is 23.2 Å². The number of nitrogens with one attached hydrogen (secondary N) is 2. The van der Waals surface area contributed by atoms with Gasteiger partial charge >= 0.3 is 5.97 Å². The van der Waals surface area contributed by atoms with Gasteiger partial charge in [0, 0.05) is 22.0 Å². The molecule has 0 fully saturated rings. The number of carbonyl (C=O) groups excluding carboxylic acids is 4. The van der Waals surface area contributed by atoms with Crippen LogP contribution in [0.2, 0.25) is 5.02 Å². The number of halogens is 2. The minimum absolute atomic E-state index is 0.0788. The summed E-state index contributed by atoms with van der Waals surface area (Å²) >= 11 is 12.4. The fraction of sp³-hybridized carbons (Fsp3) is 0.111. The summed E-state index contributed by atoms with van der Waals surface area (Å²) in [5, 5.41) is 5.78. The van der Waals surface area contributed by atoms with Gasteiger partial charge in [0.15, 0.2) is 0 Å². The van der Waals surface area contributed by atoms with Crippen molar-refractivity contribution >= 4 is 64.0 Å². The number of esters is 1. The highest BCUT2D eigenvalue weighted by atomic mass is 35.5. The Balaban J connectivity index is 1.44. The van der Waals surface area contributed by atoms with Crippen LogP contribution in [-0.4, -0.2) is 30.3 Å². The van der Waals surface area contributed by atoms with Gasteiger partial charge in [-0.1, -0.05) is 29.3 Å². The van der Waals surface area contributed by atoms with Gasteiger partial charge in [0.25, 0.3) is 17.7 Å². The fourth-order valence-electron chi connectivity index (χ4n) is 3.63. The molecule has 4 rings (SSSR count). The lowest BCUT2D eigenvalue weighted by Crippen LogP contribution is -2.32. The van der Waals surface area contributed by atoms with Crippen molar-refractivity contribution in [3.8, 4) is 0 Å². The third kappa shape index (κ3) is 5.35. The van der Waals surface area contributed by atoms with E-state index in [1.807, 2.05) is 0 Å². The van der Waals surface area contributed by atoms with E-state index < -0.39 is 17.8 Å². The predicted octanol–water partition coefficient (Wildman–Crippen LogP) is 5.51. The van der Waals surface area contributed by atoms with Gasteiger partial charge < -0.3 is 15.4 Å². The molecule has 0 unspecified atom stereocenters. The number of carbonyl (C=O) groups is 4. The molecular weight excluding hydrogens is 517 g/mol. The smallest absolute Gasteiger partial charge is 0.338 e. The topological polar surface area (TPSA) is 105 Å². The predicted molar refractivity (Wildman–Crippen MR) is 142 cm³/mol. The van der Waals surface area contributed by atoms with Crippen molar-refractivity contribution in [2.75, 3.05) is 22.1 Å². The Kier molecular flexibility index (Phi) is 7.61. The van der Waals surface area contributed by atoms with Gasteiger partial charge in [-0.2, -0.15) is 0 Å². The zero-order valence-electron chi connectivity index (χ0n) is 19.8. The summed E-state index contributed by atoms with van der Waals surface area (Å²) in [6, 6.07) is 17.5. The van der Waals surface area contributed by atoms with Crippen LogP contribution >= 0.6 is 23.2 Å². The van der Waals surface area contributed by atoms with Crippen LogP contribution < -0.4 is 15.5 Å². The van der Waals surface area contributed by atoms with E-state index in [0.717, 1.165) is 4.90 Å². The Morgan fingerprint density at radius 3 is 2.14 bits per heavy atom. The van der Waals surface area contributed by atoms with Gasteiger partial charge in [0.05, 0.1) is 17.9 Å². The first-order valence-electron chi connectivity index (χ1n) is 11.2. The second-order valence-electron chi connectivity index (χ2n) is 7.97. The van der Waals surface area contributed by atoms with Crippen LogP contribution in [0, 0.1) is 6.92 Å². The molecule has 0 saturated heterocycles. The summed E-state index contributed by atoms with van der Waals surface area (Å²) in [6.07, 6.45) is 0. The maximum Gasteiger partial charge on any atom is 0.338 e. The van der Waals surface area contributed by atoms with Crippen molar-refractivity contribution in [3.05, 3.63) is 99.2 Å². The molecule has 188 valence electrons. The first kappa shape index (κ1) is 25.9. The number of ether oxygens (including phenoxy) is 1. The van der Waals surface area contributed by atoms with Crippen molar-refractivity contribution < 1.29 is 23.9 Å². The minimum Gasteiger partial charge on any atom is -0.462 e. The first-order valence-corrected chi connectivity index (χ1v) is 12.0. The molecule has 10 heteroatoms. The Morgan fingerprint density at radius 2 is 1.49 bits per heavy atom. The third-order valence-electron chi connectivity index (χ3n) is 5.58. The highest BCUT2D eigenvalue weighted by molar-refractivity contribution is 6.53. The number of hydrogen-bond donors (Lipinski definition) is 2. The summed E-state index contributed by atoms with van der Waals surface area (Å²) in [5.74, 6) is -2.09. The largest absolute Gasteiger partial charge is 0.462 e. The summed E-state index contributed by atoms with van der Waals surface area (Å²) < 4.78 is 4.94. The molecule has 3 aromatic carbocycles. The van der Waals surface area contributed by atoms with Gasteiger partial charge in [-0.25, -0.2) is 9.69 Å². The highest BCUT2D eigenvalue weighted by Gasteiger charge is 2.39. The molecule has 0 aliphatic carbocycles. The van der Waals surface area contributed by atoms with E-state index in [9.17, 15) is 19.2 Å². The molecule has 2 N–H and O–H groups in total. The van der Waals surface area contributed by atoms with Crippen molar-refractivity contribution in [3.63, 3.8) is 0 Å². The van der Waals surface area contributed by atoms with Crippen LogP contribution in [0.4, 0.5) is 17.1 Å². The van der Waals surface area contributed by atoms with Crippen LogP contribution in [0.3, 0.4) is 0 Å². The third-order valence-corrected chi connectivity index (χ3v) is 6.34. The first-order chi connectivity index (χ1) is 17.7. The number of amides is 3. The molecule has 0 aromatic heterocycles. The summed E-state index contributed by atoms with van der Waals surface area (Å²) in [4.78, 5) is 51.1. The molecule has 0 spiro atoms. The number of rotatable bonds is 7. The van der Waals surface area contributed by atoms with E-state index in [2.05, 4.69) is 10.6 Å². The zero-order valence-corrected chi connectivity index (χ0v) is 21.3. The van der Waals surface area contributed by atoms with E-state index in [1.54, 1.807) is 80.6 Å². The van der Waals surface area contributed by atoms with Gasteiger partial charge in [-0.15, -0.1) is 0 Å². The normalized spacial score (nSPS) is 13.1. The standard InChI is InChI=1S/C27H21Cl2N3O5/c1-3-37-27(36)17-9-13-19(14-10-17)31-24(33)16-7-11-18(12-8-16)30-23-22(29)25(34)32(26(23)35)21-6-4-5-20(28)15(21)2/h4-14,30H,3H2,1-2H3,(H,31,33). The number of hydrogen-bond acceptors (Lipinski definition) is 6. The van der Waals surface area contributed by atoms with Crippen LogP contribution in [0.15, 0.2) is 77.5 Å². The molecule has 8 nitrogen and oxygen atoms in total. The average Bonchev–Trinajstić information content (AvgIpc) is 3.09. The summed E-state index contributed by atoms with van der Waals surface area (Å²) in [6.45, 7) is 3.70. The average molecular weight is 538 g/mol. The van der Waals surface area contributed by atoms with Gasteiger partial charge in [0.1, 0.15) is 10.7 Å².